The third-order valence-electron chi connectivity index (χ3n) is 6.51. The third kappa shape index (κ3) is 8.00. The molecule has 10 heteroatoms. The van der Waals surface area contributed by atoms with Gasteiger partial charge in [-0.1, -0.05) is 72.8 Å². The quantitative estimate of drug-likeness (QED) is 0.118. The first-order valence-electron chi connectivity index (χ1n) is 13.3. The van der Waals surface area contributed by atoms with Crippen LogP contribution in [0.2, 0.25) is 0 Å². The van der Waals surface area contributed by atoms with Crippen molar-refractivity contribution in [3.8, 4) is 11.5 Å². The Labute approximate surface area is 249 Å². The summed E-state index contributed by atoms with van der Waals surface area (Å²) in [6.07, 6.45) is 0.675. The molecule has 7 nitrogen and oxygen atoms in total. The highest BCUT2D eigenvalue weighted by atomic mass is 32.5. The Morgan fingerprint density at radius 2 is 1.10 bits per heavy atom. The van der Waals surface area contributed by atoms with Crippen LogP contribution in [-0.4, -0.2) is 53.0 Å². The van der Waals surface area contributed by atoms with Crippen LogP contribution in [0.25, 0.3) is 0 Å². The second-order valence-corrected chi connectivity index (χ2v) is 16.6. The Morgan fingerprint density at radius 1 is 0.659 bits per heavy atom. The summed E-state index contributed by atoms with van der Waals surface area (Å²) in [4.78, 5) is 4.05. The van der Waals surface area contributed by atoms with Gasteiger partial charge < -0.3 is 18.8 Å². The van der Waals surface area contributed by atoms with Gasteiger partial charge in [0.25, 0.3) is 0 Å². The predicted octanol–water partition coefficient (Wildman–Crippen LogP) is 6.16. The zero-order valence-electron chi connectivity index (χ0n) is 24.3. The summed E-state index contributed by atoms with van der Waals surface area (Å²) in [6.45, 7) is -2.75. The Kier molecular flexibility index (Phi) is 10.3. The molecule has 0 fully saturated rings. The SMILES string of the molecule is CN(N)CCP(=NP(=S)(Oc1cccc(N(C)C)c1)Oc1cccc(N(C)C)c1)(c1ccccc1)c1ccccc1. The molecule has 0 radical (unpaired) electrons. The molecule has 4 aromatic rings. The lowest BCUT2D eigenvalue weighted by Crippen LogP contribution is -2.32. The van der Waals surface area contributed by atoms with E-state index in [2.05, 4.69) is 24.3 Å². The number of hydrogen-bond donors (Lipinski definition) is 1. The molecule has 2 N–H and O–H groups in total. The molecule has 0 aromatic heterocycles. The number of nitrogens with two attached hydrogens (primary N) is 1. The van der Waals surface area contributed by atoms with Gasteiger partial charge in [-0.2, -0.15) is 4.52 Å². The molecule has 0 heterocycles. The Balaban J connectivity index is 1.98. The van der Waals surface area contributed by atoms with Crippen LogP contribution in [0.15, 0.2) is 114 Å². The van der Waals surface area contributed by atoms with E-state index < -0.39 is 13.7 Å². The molecule has 216 valence electrons. The summed E-state index contributed by atoms with van der Waals surface area (Å²) < 4.78 is 18.9. The van der Waals surface area contributed by atoms with Gasteiger partial charge in [0.1, 0.15) is 11.5 Å². The molecule has 0 spiro atoms. The highest BCUT2D eigenvalue weighted by Crippen LogP contribution is 2.62. The minimum Gasteiger partial charge on any atom is -0.419 e. The van der Waals surface area contributed by atoms with Gasteiger partial charge in [-0.25, -0.2) is 5.01 Å². The molecule has 0 amide bonds. The third-order valence-corrected chi connectivity index (χ3v) is 13.8. The van der Waals surface area contributed by atoms with Gasteiger partial charge in [0.2, 0.25) is 0 Å². The maximum Gasteiger partial charge on any atom is 0.413 e. The molecule has 0 saturated carbocycles. The average Bonchev–Trinajstić information content (AvgIpc) is 2.96. The van der Waals surface area contributed by atoms with Crippen LogP contribution >= 0.6 is 13.7 Å². The van der Waals surface area contributed by atoms with Gasteiger partial charge >= 0.3 is 6.64 Å². The van der Waals surface area contributed by atoms with E-state index in [9.17, 15) is 0 Å². The van der Waals surface area contributed by atoms with Crippen molar-refractivity contribution in [2.75, 3.05) is 57.7 Å². The van der Waals surface area contributed by atoms with Crippen LogP contribution in [0, 0.1) is 0 Å². The maximum absolute atomic E-state index is 6.68. The van der Waals surface area contributed by atoms with Crippen molar-refractivity contribution in [2.24, 2.45) is 10.4 Å². The van der Waals surface area contributed by atoms with Gasteiger partial charge in [-0.15, -0.1) is 0 Å². The molecular formula is C31H39N5O2P2S. The van der Waals surface area contributed by atoms with E-state index in [1.165, 1.54) is 0 Å². The van der Waals surface area contributed by atoms with E-state index in [1.54, 1.807) is 5.01 Å². The van der Waals surface area contributed by atoms with Crippen LogP contribution in [0.3, 0.4) is 0 Å². The summed E-state index contributed by atoms with van der Waals surface area (Å²) >= 11 is 6.37. The van der Waals surface area contributed by atoms with Gasteiger partial charge in [0.05, 0.1) is 0 Å². The van der Waals surface area contributed by atoms with Crippen molar-refractivity contribution in [1.29, 1.82) is 0 Å². The van der Waals surface area contributed by atoms with Crippen LogP contribution in [-0.2, 0) is 11.8 Å². The molecule has 0 aliphatic heterocycles. The number of nitrogens with zero attached hydrogens (tertiary/aromatic N) is 4. The predicted molar refractivity (Wildman–Crippen MR) is 180 cm³/mol. The second kappa shape index (κ2) is 13.7. The normalized spacial score (nSPS) is 11.7. The van der Waals surface area contributed by atoms with Gasteiger partial charge in [-0.05, 0) is 34.9 Å². The molecule has 0 unspecified atom stereocenters. The monoisotopic (exact) mass is 607 g/mol. The first-order chi connectivity index (χ1) is 19.6. The Bertz CT molecular complexity index is 1430. The first-order valence-corrected chi connectivity index (χ1v) is 17.9. The number of anilines is 2. The average molecular weight is 608 g/mol. The second-order valence-electron chi connectivity index (χ2n) is 10.2. The van der Waals surface area contributed by atoms with Gasteiger partial charge in [0.15, 0.2) is 0 Å². The maximum atomic E-state index is 6.68. The van der Waals surface area contributed by atoms with E-state index in [-0.39, 0.29) is 0 Å². The van der Waals surface area contributed by atoms with Crippen molar-refractivity contribution in [1.82, 2.24) is 5.01 Å². The molecule has 4 aromatic carbocycles. The van der Waals surface area contributed by atoms with Gasteiger partial charge in [-0.3, -0.25) is 5.84 Å². The van der Waals surface area contributed by atoms with Crippen molar-refractivity contribution in [2.45, 2.75) is 0 Å². The fraction of sp³-hybridized carbons (Fsp3) is 0.226. The highest BCUT2D eigenvalue weighted by Gasteiger charge is 2.33. The fourth-order valence-corrected chi connectivity index (χ4v) is 12.5. The number of rotatable bonds is 12. The largest absolute Gasteiger partial charge is 0.419 e. The lowest BCUT2D eigenvalue weighted by molar-refractivity contribution is 0.372. The Morgan fingerprint density at radius 3 is 1.49 bits per heavy atom. The summed E-state index contributed by atoms with van der Waals surface area (Å²) in [7, 11) is 7.31. The minimum absolute atomic E-state index is 0.613. The summed E-state index contributed by atoms with van der Waals surface area (Å²) in [5, 5.41) is 3.89. The molecule has 0 atom stereocenters. The number of benzene rings is 4. The van der Waals surface area contributed by atoms with E-state index in [0.29, 0.717) is 24.2 Å². The molecule has 4 rings (SSSR count). The van der Waals surface area contributed by atoms with Crippen molar-refractivity contribution in [3.63, 3.8) is 0 Å². The number of hydrogen-bond acceptors (Lipinski definition) is 7. The molecule has 0 bridgehead atoms. The van der Waals surface area contributed by atoms with E-state index >= 15 is 0 Å². The van der Waals surface area contributed by atoms with Crippen LogP contribution in [0.1, 0.15) is 0 Å². The molecule has 0 saturated heterocycles. The zero-order chi connectivity index (χ0) is 29.5. The van der Waals surface area contributed by atoms with Crippen LogP contribution < -0.4 is 35.3 Å². The van der Waals surface area contributed by atoms with E-state index in [4.69, 9.17) is 31.2 Å². The van der Waals surface area contributed by atoms with Crippen molar-refractivity contribution < 1.29 is 9.05 Å². The minimum atomic E-state index is -3.36. The molecule has 0 aliphatic rings. The standard InChI is InChI=1S/C31H39N5O2P2S/c1-34(2)26-14-12-16-28(24-26)37-40(41,38-29-17-13-15-27(25-29)35(3)4)33-39(23-22-36(5)32,30-18-8-6-9-19-30)31-20-10-7-11-21-31/h6-21,24-25H,22-23,32H2,1-5H3. The lowest BCUT2D eigenvalue weighted by Gasteiger charge is -2.31. The fourth-order valence-electron chi connectivity index (χ4n) is 4.35. The van der Waals surface area contributed by atoms with Gasteiger partial charge in [0, 0.05) is 90.3 Å². The van der Waals surface area contributed by atoms with Crippen LogP contribution in [0.5, 0.6) is 11.5 Å². The highest BCUT2D eigenvalue weighted by molar-refractivity contribution is 8.11. The molecular weight excluding hydrogens is 568 g/mol. The molecule has 0 aliphatic carbocycles. The molecule has 41 heavy (non-hydrogen) atoms. The smallest absolute Gasteiger partial charge is 0.413 e. The van der Waals surface area contributed by atoms with Crippen molar-refractivity contribution in [3.05, 3.63) is 109 Å². The van der Waals surface area contributed by atoms with Crippen LogP contribution in [0.4, 0.5) is 11.4 Å². The summed E-state index contributed by atoms with van der Waals surface area (Å²) in [6, 6.07) is 36.4. The van der Waals surface area contributed by atoms with E-state index in [0.717, 1.165) is 22.0 Å². The summed E-state index contributed by atoms with van der Waals surface area (Å²) in [5.74, 6) is 7.40. The first kappa shape index (κ1) is 30.8. The Hall–Kier alpha value is -3.12. The number of hydrazine groups is 1. The van der Waals surface area contributed by atoms with Crippen molar-refractivity contribution >= 4 is 47.5 Å². The topological polar surface area (TPSA) is 66.6 Å². The zero-order valence-corrected chi connectivity index (χ0v) is 26.9. The summed E-state index contributed by atoms with van der Waals surface area (Å²) in [5.41, 5.74) is 1.99. The van der Waals surface area contributed by atoms with E-state index in [1.807, 2.05) is 130 Å². The lowest BCUT2D eigenvalue weighted by atomic mass is 10.3.